The molecule has 4 nitrogen and oxygen atoms in total. The molecule has 0 fully saturated rings. The summed E-state index contributed by atoms with van der Waals surface area (Å²) in [5.74, 6) is 0.779. The van der Waals surface area contributed by atoms with Crippen molar-refractivity contribution in [3.05, 3.63) is 28.2 Å². The normalized spacial score (nSPS) is 11.2. The first-order chi connectivity index (χ1) is 9.38. The summed E-state index contributed by atoms with van der Waals surface area (Å²) in [6, 6.07) is 5.80. The molecule has 0 heterocycles. The van der Waals surface area contributed by atoms with Crippen LogP contribution >= 0.6 is 15.9 Å². The van der Waals surface area contributed by atoms with Crippen LogP contribution in [-0.4, -0.2) is 31.3 Å². The second-order valence-corrected chi connectivity index (χ2v) is 6.42. The summed E-state index contributed by atoms with van der Waals surface area (Å²) in [6.07, 6.45) is 1.11. The Hall–Kier alpha value is -1.07. The van der Waals surface area contributed by atoms with Gasteiger partial charge < -0.3 is 15.2 Å². The zero-order valence-corrected chi connectivity index (χ0v) is 13.8. The fourth-order valence-corrected chi connectivity index (χ4v) is 2.19. The molecule has 2 N–H and O–H groups in total. The highest BCUT2D eigenvalue weighted by molar-refractivity contribution is 9.10. The Kier molecular flexibility index (Phi) is 6.49. The van der Waals surface area contributed by atoms with Crippen LogP contribution in [0.2, 0.25) is 0 Å². The number of carbonyl (C=O) groups excluding carboxylic acids is 1. The average Bonchev–Trinajstić information content (AvgIpc) is 2.43. The monoisotopic (exact) mass is 343 g/mol. The van der Waals surface area contributed by atoms with E-state index in [1.165, 1.54) is 0 Å². The quantitative estimate of drug-likeness (QED) is 0.799. The SMILES string of the molecule is COc1ccc(CCC(=O)NCC(C)(C)CO)cc1Br. The van der Waals surface area contributed by atoms with E-state index in [2.05, 4.69) is 21.2 Å². The maximum Gasteiger partial charge on any atom is 0.220 e. The summed E-state index contributed by atoms with van der Waals surface area (Å²) in [5, 5.41) is 12.0. The fraction of sp³-hybridized carbons (Fsp3) is 0.533. The summed E-state index contributed by atoms with van der Waals surface area (Å²) in [5.41, 5.74) is 0.799. The Labute approximate surface area is 128 Å². The molecule has 112 valence electrons. The van der Waals surface area contributed by atoms with E-state index >= 15 is 0 Å². The first-order valence-corrected chi connectivity index (χ1v) is 7.37. The van der Waals surface area contributed by atoms with E-state index in [9.17, 15) is 4.79 Å². The maximum absolute atomic E-state index is 11.8. The topological polar surface area (TPSA) is 58.6 Å². The average molecular weight is 344 g/mol. The van der Waals surface area contributed by atoms with Gasteiger partial charge in [0, 0.05) is 25.0 Å². The maximum atomic E-state index is 11.8. The number of hydrogen-bond acceptors (Lipinski definition) is 3. The van der Waals surface area contributed by atoms with Gasteiger partial charge in [-0.15, -0.1) is 0 Å². The number of aryl methyl sites for hydroxylation is 1. The van der Waals surface area contributed by atoms with Crippen molar-refractivity contribution in [2.75, 3.05) is 20.3 Å². The molecule has 0 unspecified atom stereocenters. The van der Waals surface area contributed by atoms with Crippen LogP contribution in [0.1, 0.15) is 25.8 Å². The van der Waals surface area contributed by atoms with Gasteiger partial charge in [0.1, 0.15) is 5.75 Å². The predicted octanol–water partition coefficient (Wildman–Crippen LogP) is 2.53. The zero-order chi connectivity index (χ0) is 15.2. The molecule has 0 saturated heterocycles. The van der Waals surface area contributed by atoms with E-state index in [4.69, 9.17) is 9.84 Å². The van der Waals surface area contributed by atoms with Gasteiger partial charge in [-0.2, -0.15) is 0 Å². The van der Waals surface area contributed by atoms with Crippen molar-refractivity contribution in [3.8, 4) is 5.75 Å². The number of hydrogen-bond donors (Lipinski definition) is 2. The minimum absolute atomic E-state index is 0.00142. The number of methoxy groups -OCH3 is 1. The van der Waals surface area contributed by atoms with Gasteiger partial charge >= 0.3 is 0 Å². The Morgan fingerprint density at radius 1 is 1.45 bits per heavy atom. The highest BCUT2D eigenvalue weighted by Crippen LogP contribution is 2.25. The Morgan fingerprint density at radius 3 is 2.70 bits per heavy atom. The summed E-state index contributed by atoms with van der Waals surface area (Å²) in [6.45, 7) is 4.36. The van der Waals surface area contributed by atoms with Crippen LogP contribution in [0.3, 0.4) is 0 Å². The third-order valence-corrected chi connectivity index (χ3v) is 3.67. The molecule has 1 rings (SSSR count). The van der Waals surface area contributed by atoms with Crippen LogP contribution in [0, 0.1) is 5.41 Å². The minimum Gasteiger partial charge on any atom is -0.496 e. The molecule has 0 aliphatic heterocycles. The molecule has 1 amide bonds. The number of ether oxygens (including phenoxy) is 1. The number of aliphatic hydroxyl groups excluding tert-OH is 1. The lowest BCUT2D eigenvalue weighted by molar-refractivity contribution is -0.121. The zero-order valence-electron chi connectivity index (χ0n) is 12.2. The van der Waals surface area contributed by atoms with Crippen LogP contribution in [0.15, 0.2) is 22.7 Å². The van der Waals surface area contributed by atoms with Gasteiger partial charge in [-0.05, 0) is 40.0 Å². The molecule has 5 heteroatoms. The summed E-state index contributed by atoms with van der Waals surface area (Å²) < 4.78 is 6.05. The van der Waals surface area contributed by atoms with E-state index in [-0.39, 0.29) is 17.9 Å². The fourth-order valence-electron chi connectivity index (χ4n) is 1.61. The van der Waals surface area contributed by atoms with Crippen molar-refractivity contribution < 1.29 is 14.6 Å². The van der Waals surface area contributed by atoms with Gasteiger partial charge in [0.2, 0.25) is 5.91 Å². The van der Waals surface area contributed by atoms with Crippen molar-refractivity contribution >= 4 is 21.8 Å². The molecule has 0 atom stereocenters. The third-order valence-electron chi connectivity index (χ3n) is 3.05. The van der Waals surface area contributed by atoms with Crippen molar-refractivity contribution in [2.45, 2.75) is 26.7 Å². The van der Waals surface area contributed by atoms with Gasteiger partial charge in [0.25, 0.3) is 0 Å². The smallest absolute Gasteiger partial charge is 0.220 e. The highest BCUT2D eigenvalue weighted by Gasteiger charge is 2.17. The Bertz CT molecular complexity index is 460. The third kappa shape index (κ3) is 5.51. The van der Waals surface area contributed by atoms with Gasteiger partial charge in [0.05, 0.1) is 11.6 Å². The van der Waals surface area contributed by atoms with Gasteiger partial charge in [0.15, 0.2) is 0 Å². The molecule has 0 aliphatic carbocycles. The summed E-state index contributed by atoms with van der Waals surface area (Å²) in [7, 11) is 1.62. The second kappa shape index (κ2) is 7.64. The molecule has 0 saturated carbocycles. The summed E-state index contributed by atoms with van der Waals surface area (Å²) >= 11 is 3.43. The van der Waals surface area contributed by atoms with Gasteiger partial charge in [-0.3, -0.25) is 4.79 Å². The molecule has 0 radical (unpaired) electrons. The van der Waals surface area contributed by atoms with E-state index in [1.807, 2.05) is 32.0 Å². The largest absolute Gasteiger partial charge is 0.496 e. The first kappa shape index (κ1) is 17.0. The van der Waals surface area contributed by atoms with Crippen molar-refractivity contribution in [1.82, 2.24) is 5.32 Å². The molecule has 0 bridgehead atoms. The number of amides is 1. The minimum atomic E-state index is -0.279. The number of benzene rings is 1. The lowest BCUT2D eigenvalue weighted by atomic mass is 9.95. The molecule has 1 aromatic carbocycles. The Balaban J connectivity index is 2.43. The standard InChI is InChI=1S/C15H22BrNO3/c1-15(2,10-18)9-17-14(19)7-5-11-4-6-13(20-3)12(16)8-11/h4,6,8,18H,5,7,9-10H2,1-3H3,(H,17,19). The van der Waals surface area contributed by atoms with Gasteiger partial charge in [-0.25, -0.2) is 0 Å². The van der Waals surface area contributed by atoms with E-state index in [0.29, 0.717) is 19.4 Å². The van der Waals surface area contributed by atoms with Crippen LogP contribution in [0.25, 0.3) is 0 Å². The van der Waals surface area contributed by atoms with E-state index in [0.717, 1.165) is 15.8 Å². The van der Waals surface area contributed by atoms with Crippen LogP contribution in [0.4, 0.5) is 0 Å². The number of nitrogens with one attached hydrogen (secondary N) is 1. The number of aliphatic hydroxyl groups is 1. The lowest BCUT2D eigenvalue weighted by Gasteiger charge is -2.21. The molecule has 0 aliphatic rings. The number of carbonyl (C=O) groups is 1. The summed E-state index contributed by atoms with van der Waals surface area (Å²) in [4.78, 5) is 11.8. The van der Waals surface area contributed by atoms with Crippen molar-refractivity contribution in [1.29, 1.82) is 0 Å². The Morgan fingerprint density at radius 2 is 2.15 bits per heavy atom. The molecule has 20 heavy (non-hydrogen) atoms. The number of halogens is 1. The van der Waals surface area contributed by atoms with Crippen LogP contribution in [0.5, 0.6) is 5.75 Å². The molecule has 0 spiro atoms. The van der Waals surface area contributed by atoms with Crippen molar-refractivity contribution in [3.63, 3.8) is 0 Å². The first-order valence-electron chi connectivity index (χ1n) is 6.58. The van der Waals surface area contributed by atoms with Gasteiger partial charge in [-0.1, -0.05) is 19.9 Å². The molecule has 0 aromatic heterocycles. The predicted molar refractivity (Wildman–Crippen MR) is 82.9 cm³/mol. The molecular formula is C15H22BrNO3. The lowest BCUT2D eigenvalue weighted by Crippen LogP contribution is -2.36. The second-order valence-electron chi connectivity index (χ2n) is 5.57. The van der Waals surface area contributed by atoms with Crippen LogP contribution < -0.4 is 10.1 Å². The molecular weight excluding hydrogens is 322 g/mol. The van der Waals surface area contributed by atoms with E-state index in [1.54, 1.807) is 7.11 Å². The molecule has 1 aromatic rings. The van der Waals surface area contributed by atoms with Crippen molar-refractivity contribution in [2.24, 2.45) is 5.41 Å². The number of rotatable bonds is 7. The van der Waals surface area contributed by atoms with E-state index < -0.39 is 0 Å². The highest BCUT2D eigenvalue weighted by atomic mass is 79.9. The van der Waals surface area contributed by atoms with Crippen LogP contribution in [-0.2, 0) is 11.2 Å².